The molecule has 0 spiro atoms. The van der Waals surface area contributed by atoms with Gasteiger partial charge in [0.2, 0.25) is 20.0 Å². The van der Waals surface area contributed by atoms with Crippen LogP contribution in [-0.2, 0) is 20.0 Å². The number of piperidine rings is 1. The van der Waals surface area contributed by atoms with Crippen molar-refractivity contribution in [3.8, 4) is 0 Å². The average molecular weight is 397 g/mol. The van der Waals surface area contributed by atoms with Crippen LogP contribution < -0.4 is 4.72 Å². The number of nitrogens with one attached hydrogen (secondary N) is 1. The molecule has 10 heteroatoms. The van der Waals surface area contributed by atoms with Crippen molar-refractivity contribution in [1.82, 2.24) is 9.03 Å². The maximum atomic E-state index is 13.2. The molecular formula is C14H18ClFN2O4S2. The van der Waals surface area contributed by atoms with Gasteiger partial charge in [-0.25, -0.2) is 25.9 Å². The predicted molar refractivity (Wildman–Crippen MR) is 88.2 cm³/mol. The zero-order chi connectivity index (χ0) is 17.7. The minimum absolute atomic E-state index is 0.105. The van der Waals surface area contributed by atoms with E-state index in [1.54, 1.807) is 0 Å². The van der Waals surface area contributed by atoms with Crippen molar-refractivity contribution < 1.29 is 21.2 Å². The number of halogens is 2. The number of rotatable bonds is 4. The molecule has 1 aromatic rings. The van der Waals surface area contributed by atoms with E-state index in [1.807, 2.05) is 0 Å². The van der Waals surface area contributed by atoms with Crippen molar-refractivity contribution in [2.45, 2.75) is 48.7 Å². The first-order valence-electron chi connectivity index (χ1n) is 7.54. The van der Waals surface area contributed by atoms with Crippen molar-refractivity contribution >= 4 is 31.6 Å². The van der Waals surface area contributed by atoms with Crippen LogP contribution in [0.4, 0.5) is 4.39 Å². The lowest BCUT2D eigenvalue weighted by atomic mass is 10.0. The minimum atomic E-state index is -3.84. The standard InChI is InChI=1S/C14H18ClFN2O4S2/c1-23(19,20)18-10-2-3-11(18)7-9(6-10)17-24(21,22)12-4-5-14(16)13(15)8-12/h4-5,8-11,17H,2-3,6-7H2,1H3. The zero-order valence-electron chi connectivity index (χ0n) is 12.9. The smallest absolute Gasteiger partial charge is 0.212 e. The van der Waals surface area contributed by atoms with Gasteiger partial charge in [-0.3, -0.25) is 0 Å². The Morgan fingerprint density at radius 1 is 1.17 bits per heavy atom. The highest BCUT2D eigenvalue weighted by Gasteiger charge is 2.45. The van der Waals surface area contributed by atoms with Crippen LogP contribution in [0.3, 0.4) is 0 Å². The third-order valence-corrected chi connectivity index (χ3v) is 7.74. The lowest BCUT2D eigenvalue weighted by Gasteiger charge is -2.37. The fourth-order valence-corrected chi connectivity index (χ4v) is 6.70. The highest BCUT2D eigenvalue weighted by molar-refractivity contribution is 7.89. The number of hydrogen-bond acceptors (Lipinski definition) is 4. The Labute approximate surface area is 146 Å². The minimum Gasteiger partial charge on any atom is -0.212 e. The van der Waals surface area contributed by atoms with Crippen LogP contribution in [0.25, 0.3) is 0 Å². The third kappa shape index (κ3) is 3.45. The van der Waals surface area contributed by atoms with Gasteiger partial charge in [-0.1, -0.05) is 11.6 Å². The number of hydrogen-bond donors (Lipinski definition) is 1. The van der Waals surface area contributed by atoms with Gasteiger partial charge in [0.05, 0.1) is 16.2 Å². The topological polar surface area (TPSA) is 83.6 Å². The van der Waals surface area contributed by atoms with E-state index in [4.69, 9.17) is 11.6 Å². The maximum Gasteiger partial charge on any atom is 0.240 e. The summed E-state index contributed by atoms with van der Waals surface area (Å²) in [7, 11) is -7.13. The van der Waals surface area contributed by atoms with Crippen LogP contribution in [0.15, 0.2) is 23.1 Å². The van der Waals surface area contributed by atoms with E-state index in [2.05, 4.69) is 4.72 Å². The molecule has 6 nitrogen and oxygen atoms in total. The summed E-state index contributed by atoms with van der Waals surface area (Å²) in [5.74, 6) is -0.685. The molecule has 0 radical (unpaired) electrons. The van der Waals surface area contributed by atoms with Crippen molar-refractivity contribution in [1.29, 1.82) is 0 Å². The molecule has 0 amide bonds. The van der Waals surface area contributed by atoms with Gasteiger partial charge < -0.3 is 0 Å². The summed E-state index contributed by atoms with van der Waals surface area (Å²) in [5.41, 5.74) is 0. The Hall–Kier alpha value is -0.740. The van der Waals surface area contributed by atoms with Crippen LogP contribution in [0.2, 0.25) is 5.02 Å². The molecule has 2 heterocycles. The molecule has 2 fully saturated rings. The molecule has 2 aliphatic rings. The van der Waals surface area contributed by atoms with E-state index in [-0.39, 0.29) is 28.0 Å². The van der Waals surface area contributed by atoms with Gasteiger partial charge in [0.25, 0.3) is 0 Å². The molecule has 2 saturated heterocycles. The second-order valence-electron chi connectivity index (χ2n) is 6.34. The van der Waals surface area contributed by atoms with Gasteiger partial charge in [0.1, 0.15) is 5.82 Å². The molecule has 3 rings (SSSR count). The summed E-state index contributed by atoms with van der Waals surface area (Å²) in [4.78, 5) is -0.105. The predicted octanol–water partition coefficient (Wildman–Crippen LogP) is 1.71. The number of fused-ring (bicyclic) bond motifs is 2. The first-order valence-corrected chi connectivity index (χ1v) is 11.2. The van der Waals surface area contributed by atoms with Crippen LogP contribution in [0.1, 0.15) is 25.7 Å². The summed E-state index contributed by atoms with van der Waals surface area (Å²) < 4.78 is 65.9. The fraction of sp³-hybridized carbons (Fsp3) is 0.571. The number of nitrogens with zero attached hydrogens (tertiary/aromatic N) is 1. The monoisotopic (exact) mass is 396 g/mol. The van der Waals surface area contributed by atoms with Crippen LogP contribution in [0.5, 0.6) is 0 Å². The van der Waals surface area contributed by atoms with Gasteiger partial charge >= 0.3 is 0 Å². The van der Waals surface area contributed by atoms with Crippen molar-refractivity contribution in [2.75, 3.05) is 6.26 Å². The third-order valence-electron chi connectivity index (χ3n) is 4.57. The maximum absolute atomic E-state index is 13.2. The average Bonchev–Trinajstić information content (AvgIpc) is 2.74. The molecule has 2 atom stereocenters. The van der Waals surface area contributed by atoms with Gasteiger partial charge in [0.15, 0.2) is 0 Å². The normalized spacial score (nSPS) is 28.2. The summed E-state index contributed by atoms with van der Waals surface area (Å²) in [5, 5.41) is -0.259. The van der Waals surface area contributed by atoms with Gasteiger partial charge in [-0.2, -0.15) is 4.31 Å². The summed E-state index contributed by atoms with van der Waals surface area (Å²) in [6, 6.07) is 2.52. The highest BCUT2D eigenvalue weighted by atomic mass is 35.5. The summed E-state index contributed by atoms with van der Waals surface area (Å²) in [6.45, 7) is 0. The van der Waals surface area contributed by atoms with Crippen molar-refractivity contribution in [3.63, 3.8) is 0 Å². The van der Waals surface area contributed by atoms with E-state index >= 15 is 0 Å². The first kappa shape index (κ1) is 18.1. The summed E-state index contributed by atoms with van der Waals surface area (Å²) in [6.07, 6.45) is 3.51. The SMILES string of the molecule is CS(=O)(=O)N1C2CCC1CC(NS(=O)(=O)c1ccc(F)c(Cl)c1)C2. The molecule has 134 valence electrons. The Morgan fingerprint density at radius 3 is 2.25 bits per heavy atom. The lowest BCUT2D eigenvalue weighted by Crippen LogP contribution is -2.51. The fourth-order valence-electron chi connectivity index (χ4n) is 3.70. The van der Waals surface area contributed by atoms with E-state index in [1.165, 1.54) is 10.6 Å². The van der Waals surface area contributed by atoms with Crippen LogP contribution in [-0.4, -0.2) is 45.5 Å². The largest absolute Gasteiger partial charge is 0.240 e. The Balaban J connectivity index is 1.77. The number of benzene rings is 1. The van der Waals surface area contributed by atoms with Gasteiger partial charge in [-0.05, 0) is 43.9 Å². The van der Waals surface area contributed by atoms with Crippen molar-refractivity contribution in [2.24, 2.45) is 0 Å². The lowest BCUT2D eigenvalue weighted by molar-refractivity contribution is 0.221. The zero-order valence-corrected chi connectivity index (χ0v) is 15.3. The Kier molecular flexibility index (Phi) is 4.67. The van der Waals surface area contributed by atoms with Crippen LogP contribution >= 0.6 is 11.6 Å². The van der Waals surface area contributed by atoms with Crippen LogP contribution in [0, 0.1) is 5.82 Å². The molecular weight excluding hydrogens is 379 g/mol. The Morgan fingerprint density at radius 2 is 1.75 bits per heavy atom. The Bertz CT molecular complexity index is 846. The van der Waals surface area contributed by atoms with E-state index in [0.29, 0.717) is 12.8 Å². The van der Waals surface area contributed by atoms with E-state index in [9.17, 15) is 21.2 Å². The van der Waals surface area contributed by atoms with E-state index < -0.39 is 25.9 Å². The van der Waals surface area contributed by atoms with Crippen molar-refractivity contribution in [3.05, 3.63) is 29.0 Å². The molecule has 2 bridgehead atoms. The molecule has 24 heavy (non-hydrogen) atoms. The van der Waals surface area contributed by atoms with E-state index in [0.717, 1.165) is 31.0 Å². The molecule has 0 saturated carbocycles. The molecule has 2 aliphatic heterocycles. The second kappa shape index (κ2) is 6.21. The highest BCUT2D eigenvalue weighted by Crippen LogP contribution is 2.38. The molecule has 2 unspecified atom stereocenters. The molecule has 1 aromatic carbocycles. The van der Waals surface area contributed by atoms with Gasteiger partial charge in [-0.15, -0.1) is 0 Å². The second-order valence-corrected chi connectivity index (χ2v) is 10.4. The molecule has 1 N–H and O–H groups in total. The van der Waals surface area contributed by atoms with Gasteiger partial charge in [0, 0.05) is 18.1 Å². The molecule has 0 aliphatic carbocycles. The summed E-state index contributed by atoms with van der Waals surface area (Å²) >= 11 is 5.65. The quantitative estimate of drug-likeness (QED) is 0.839. The molecule has 0 aromatic heterocycles. The first-order chi connectivity index (χ1) is 11.1. The number of sulfonamides is 2.